The minimum atomic E-state index is -0.252. The third kappa shape index (κ3) is 4.02. The molecular weight excluding hydrogens is 246 g/mol. The van der Waals surface area contributed by atoms with Crippen molar-refractivity contribution >= 4 is 11.7 Å². The second-order valence-electron chi connectivity index (χ2n) is 3.71. The van der Waals surface area contributed by atoms with Crippen LogP contribution in [0.5, 0.6) is 11.5 Å². The Morgan fingerprint density at radius 1 is 1.21 bits per heavy atom. The summed E-state index contributed by atoms with van der Waals surface area (Å²) < 4.78 is 10.7. The summed E-state index contributed by atoms with van der Waals surface area (Å²) in [5.74, 6) is 1.68. The molecule has 2 aromatic rings. The summed E-state index contributed by atoms with van der Waals surface area (Å²) >= 11 is 0. The van der Waals surface area contributed by atoms with Crippen molar-refractivity contribution in [2.45, 2.75) is 6.92 Å². The average Bonchev–Trinajstić information content (AvgIpc) is 2.91. The van der Waals surface area contributed by atoms with E-state index in [2.05, 4.69) is 15.5 Å². The van der Waals surface area contributed by atoms with Gasteiger partial charge < -0.3 is 14.8 Å². The molecule has 1 aromatic heterocycles. The van der Waals surface area contributed by atoms with E-state index in [4.69, 9.17) is 9.47 Å². The molecule has 0 aliphatic carbocycles. The van der Waals surface area contributed by atoms with Crippen molar-refractivity contribution in [2.75, 3.05) is 18.5 Å². The minimum absolute atomic E-state index is 0.0625. The van der Waals surface area contributed by atoms with Crippen LogP contribution in [-0.2, 0) is 4.79 Å². The third-order valence-electron chi connectivity index (χ3n) is 2.28. The molecule has 0 aliphatic heterocycles. The number of benzene rings is 1. The molecule has 0 atom stereocenters. The second-order valence-corrected chi connectivity index (χ2v) is 3.71. The van der Waals surface area contributed by atoms with E-state index in [-0.39, 0.29) is 12.5 Å². The van der Waals surface area contributed by atoms with Crippen molar-refractivity contribution in [3.63, 3.8) is 0 Å². The number of carbonyl (C=O) groups is 1. The van der Waals surface area contributed by atoms with Crippen molar-refractivity contribution in [3.05, 3.63) is 36.5 Å². The number of hydrogen-bond acceptors (Lipinski definition) is 4. The maximum atomic E-state index is 11.5. The Kier molecular flexibility index (Phi) is 4.39. The van der Waals surface area contributed by atoms with Gasteiger partial charge in [0.15, 0.2) is 6.61 Å². The predicted molar refractivity (Wildman–Crippen MR) is 70.3 cm³/mol. The van der Waals surface area contributed by atoms with Crippen LogP contribution in [0.2, 0.25) is 0 Å². The Bertz CT molecular complexity index is 508. The van der Waals surface area contributed by atoms with Crippen LogP contribution in [0, 0.1) is 0 Å². The molecule has 6 heteroatoms. The first-order chi connectivity index (χ1) is 9.28. The number of anilines is 1. The predicted octanol–water partition coefficient (Wildman–Crippen LogP) is 1.83. The van der Waals surface area contributed by atoms with E-state index < -0.39 is 0 Å². The van der Waals surface area contributed by atoms with Crippen LogP contribution in [0.4, 0.5) is 5.82 Å². The molecule has 100 valence electrons. The molecule has 0 fully saturated rings. The fourth-order valence-corrected chi connectivity index (χ4v) is 1.46. The van der Waals surface area contributed by atoms with Gasteiger partial charge in [0.2, 0.25) is 0 Å². The smallest absolute Gasteiger partial charge is 0.263 e. The summed E-state index contributed by atoms with van der Waals surface area (Å²) in [5, 5.41) is 8.98. The number of nitrogens with one attached hydrogen (secondary N) is 2. The van der Waals surface area contributed by atoms with Gasteiger partial charge in [-0.1, -0.05) is 0 Å². The molecule has 0 spiro atoms. The topological polar surface area (TPSA) is 76.2 Å². The summed E-state index contributed by atoms with van der Waals surface area (Å²) in [5.41, 5.74) is 0. The summed E-state index contributed by atoms with van der Waals surface area (Å²) in [6.07, 6.45) is 1.56. The first-order valence-corrected chi connectivity index (χ1v) is 5.93. The van der Waals surface area contributed by atoms with E-state index in [9.17, 15) is 4.79 Å². The SMILES string of the molecule is CCOc1ccc(OCC(=O)Nc2ccn[nH]2)cc1. The summed E-state index contributed by atoms with van der Waals surface area (Å²) in [4.78, 5) is 11.5. The van der Waals surface area contributed by atoms with Crippen molar-refractivity contribution in [1.29, 1.82) is 0 Å². The zero-order valence-electron chi connectivity index (χ0n) is 10.6. The molecule has 1 heterocycles. The van der Waals surface area contributed by atoms with Gasteiger partial charge in [-0.2, -0.15) is 5.10 Å². The van der Waals surface area contributed by atoms with E-state index in [0.29, 0.717) is 18.2 Å². The highest BCUT2D eigenvalue weighted by Gasteiger charge is 2.04. The van der Waals surface area contributed by atoms with E-state index in [1.807, 2.05) is 6.92 Å². The summed E-state index contributed by atoms with van der Waals surface area (Å²) in [6.45, 7) is 2.48. The van der Waals surface area contributed by atoms with Gasteiger partial charge in [-0.3, -0.25) is 9.89 Å². The van der Waals surface area contributed by atoms with Crippen molar-refractivity contribution in [1.82, 2.24) is 10.2 Å². The number of nitrogens with zero attached hydrogens (tertiary/aromatic N) is 1. The standard InChI is InChI=1S/C13H15N3O3/c1-2-18-10-3-5-11(6-4-10)19-9-13(17)15-12-7-8-14-16-12/h3-8H,2,9H2,1H3,(H2,14,15,16,17). The maximum absolute atomic E-state index is 11.5. The fraction of sp³-hybridized carbons (Fsp3) is 0.231. The van der Waals surface area contributed by atoms with E-state index in [1.54, 1.807) is 36.5 Å². The minimum Gasteiger partial charge on any atom is -0.494 e. The van der Waals surface area contributed by atoms with Crippen molar-refractivity contribution in [3.8, 4) is 11.5 Å². The summed E-state index contributed by atoms with van der Waals surface area (Å²) in [7, 11) is 0. The molecule has 0 saturated carbocycles. The first kappa shape index (κ1) is 12.9. The highest BCUT2D eigenvalue weighted by atomic mass is 16.5. The van der Waals surface area contributed by atoms with Gasteiger partial charge in [-0.25, -0.2) is 0 Å². The van der Waals surface area contributed by atoms with Crippen LogP contribution >= 0.6 is 0 Å². The number of aromatic amines is 1. The number of carbonyl (C=O) groups excluding carboxylic acids is 1. The lowest BCUT2D eigenvalue weighted by atomic mass is 10.3. The number of ether oxygens (including phenoxy) is 2. The van der Waals surface area contributed by atoms with Crippen LogP contribution in [-0.4, -0.2) is 29.3 Å². The van der Waals surface area contributed by atoms with Gasteiger partial charge in [-0.15, -0.1) is 0 Å². The highest BCUT2D eigenvalue weighted by Crippen LogP contribution is 2.17. The molecule has 6 nitrogen and oxygen atoms in total. The van der Waals surface area contributed by atoms with Crippen LogP contribution in [0.15, 0.2) is 36.5 Å². The zero-order chi connectivity index (χ0) is 13.5. The molecule has 2 rings (SSSR count). The molecule has 0 aliphatic rings. The number of amides is 1. The van der Waals surface area contributed by atoms with Crippen LogP contribution in [0.1, 0.15) is 6.92 Å². The van der Waals surface area contributed by atoms with Crippen LogP contribution in [0.3, 0.4) is 0 Å². The molecule has 0 saturated heterocycles. The lowest BCUT2D eigenvalue weighted by molar-refractivity contribution is -0.118. The van der Waals surface area contributed by atoms with Gasteiger partial charge >= 0.3 is 0 Å². The number of H-pyrrole nitrogens is 1. The lowest BCUT2D eigenvalue weighted by Crippen LogP contribution is -2.20. The Labute approximate surface area is 110 Å². The molecule has 1 amide bonds. The third-order valence-corrected chi connectivity index (χ3v) is 2.28. The van der Waals surface area contributed by atoms with Gasteiger partial charge in [0, 0.05) is 6.07 Å². The number of aromatic nitrogens is 2. The normalized spacial score (nSPS) is 9.95. The molecular formula is C13H15N3O3. The van der Waals surface area contributed by atoms with Gasteiger partial charge in [-0.05, 0) is 31.2 Å². The van der Waals surface area contributed by atoms with E-state index in [1.165, 1.54) is 0 Å². The van der Waals surface area contributed by atoms with Crippen molar-refractivity contribution < 1.29 is 14.3 Å². The Morgan fingerprint density at radius 2 is 1.89 bits per heavy atom. The maximum Gasteiger partial charge on any atom is 0.263 e. The van der Waals surface area contributed by atoms with Gasteiger partial charge in [0.05, 0.1) is 12.8 Å². The monoisotopic (exact) mass is 261 g/mol. The van der Waals surface area contributed by atoms with E-state index in [0.717, 1.165) is 5.75 Å². The fourth-order valence-electron chi connectivity index (χ4n) is 1.46. The molecule has 0 radical (unpaired) electrons. The highest BCUT2D eigenvalue weighted by molar-refractivity contribution is 5.90. The van der Waals surface area contributed by atoms with Crippen molar-refractivity contribution in [2.24, 2.45) is 0 Å². The Balaban J connectivity index is 1.79. The second kappa shape index (κ2) is 6.44. The largest absolute Gasteiger partial charge is 0.494 e. The Hall–Kier alpha value is -2.50. The lowest BCUT2D eigenvalue weighted by Gasteiger charge is -2.07. The molecule has 19 heavy (non-hydrogen) atoms. The van der Waals surface area contributed by atoms with E-state index >= 15 is 0 Å². The quantitative estimate of drug-likeness (QED) is 0.831. The molecule has 1 aromatic carbocycles. The van der Waals surface area contributed by atoms with Crippen LogP contribution in [0.25, 0.3) is 0 Å². The average molecular weight is 261 g/mol. The number of rotatable bonds is 6. The van der Waals surface area contributed by atoms with Gasteiger partial charge in [0.1, 0.15) is 17.3 Å². The Morgan fingerprint density at radius 3 is 2.47 bits per heavy atom. The van der Waals surface area contributed by atoms with Crippen LogP contribution < -0.4 is 14.8 Å². The molecule has 2 N–H and O–H groups in total. The first-order valence-electron chi connectivity index (χ1n) is 5.93. The summed E-state index contributed by atoms with van der Waals surface area (Å²) in [6, 6.07) is 8.77. The molecule has 0 unspecified atom stereocenters. The van der Waals surface area contributed by atoms with Gasteiger partial charge in [0.25, 0.3) is 5.91 Å². The zero-order valence-corrected chi connectivity index (χ0v) is 10.6. The molecule has 0 bridgehead atoms. The number of hydrogen-bond donors (Lipinski definition) is 2.